The Morgan fingerprint density at radius 1 is 0.909 bits per heavy atom. The Morgan fingerprint density at radius 3 is 2.18 bits per heavy atom. The maximum Gasteiger partial charge on any atom is 0.410 e. The van der Waals surface area contributed by atoms with Gasteiger partial charge in [0.05, 0.1) is 0 Å². The highest BCUT2D eigenvalue weighted by atomic mass is 79.9. The van der Waals surface area contributed by atoms with E-state index in [1.165, 1.54) is 15.7 Å². The van der Waals surface area contributed by atoms with Gasteiger partial charge in [-0.05, 0) is 80.8 Å². The third kappa shape index (κ3) is 6.18. The first-order chi connectivity index (χ1) is 15.7. The fourth-order valence-electron chi connectivity index (χ4n) is 3.97. The zero-order valence-electron chi connectivity index (χ0n) is 19.1. The van der Waals surface area contributed by atoms with Gasteiger partial charge in [-0.2, -0.15) is 0 Å². The Balaban J connectivity index is 1.35. The van der Waals surface area contributed by atoms with Crippen molar-refractivity contribution in [2.45, 2.75) is 49.0 Å². The summed E-state index contributed by atoms with van der Waals surface area (Å²) in [6.45, 7) is 6.70. The van der Waals surface area contributed by atoms with Crippen LogP contribution in [0.3, 0.4) is 0 Å². The molecule has 4 rings (SSSR count). The molecule has 1 aliphatic rings. The first-order valence-electron chi connectivity index (χ1n) is 11.2. The van der Waals surface area contributed by atoms with Gasteiger partial charge in [-0.15, -0.1) is 0 Å². The minimum atomic E-state index is -0.506. The summed E-state index contributed by atoms with van der Waals surface area (Å²) in [5.74, 6) is 0.105. The second kappa shape index (κ2) is 9.90. The number of fused-ring (bicyclic) bond motifs is 1. The number of halogens is 1. The normalized spacial score (nSPS) is 15.0. The molecular formula is C27H28BrNO3S. The number of ether oxygens (including phenoxy) is 1. The zero-order chi connectivity index (χ0) is 23.6. The molecule has 0 radical (unpaired) electrons. The number of nitrogens with zero attached hydrogens (tertiary/aromatic N) is 1. The van der Waals surface area contributed by atoms with Crippen LogP contribution in [0.2, 0.25) is 0 Å². The molecule has 33 heavy (non-hydrogen) atoms. The smallest absolute Gasteiger partial charge is 0.410 e. The number of carbonyl (C=O) groups is 2. The molecule has 0 spiro atoms. The number of carbonyl (C=O) groups excluding carboxylic acids is 2. The summed E-state index contributed by atoms with van der Waals surface area (Å²) in [4.78, 5) is 29.2. The van der Waals surface area contributed by atoms with Crippen LogP contribution in [0.4, 0.5) is 4.79 Å². The predicted molar refractivity (Wildman–Crippen MR) is 137 cm³/mol. The summed E-state index contributed by atoms with van der Waals surface area (Å²) in [7, 11) is 0. The summed E-state index contributed by atoms with van der Waals surface area (Å²) in [6.07, 6.45) is 1.04. The highest BCUT2D eigenvalue weighted by molar-refractivity contribution is 9.10. The number of amides is 1. The maximum atomic E-state index is 13.0. The molecular weight excluding hydrogens is 498 g/mol. The van der Waals surface area contributed by atoms with E-state index in [-0.39, 0.29) is 17.8 Å². The second-order valence-electron chi connectivity index (χ2n) is 9.39. The molecule has 1 amide bonds. The summed E-state index contributed by atoms with van der Waals surface area (Å²) < 4.78 is 6.52. The van der Waals surface area contributed by atoms with Crippen LogP contribution in [-0.2, 0) is 4.74 Å². The van der Waals surface area contributed by atoms with Gasteiger partial charge < -0.3 is 9.64 Å². The van der Waals surface area contributed by atoms with Gasteiger partial charge in [-0.3, -0.25) is 4.79 Å². The first-order valence-corrected chi connectivity index (χ1v) is 12.8. The molecule has 4 nitrogen and oxygen atoms in total. The van der Waals surface area contributed by atoms with Crippen LogP contribution in [0.1, 0.15) is 44.0 Å². The average molecular weight is 526 g/mol. The van der Waals surface area contributed by atoms with Gasteiger partial charge in [0.2, 0.25) is 0 Å². The Morgan fingerprint density at radius 2 is 1.52 bits per heavy atom. The number of piperidine rings is 1. The fraction of sp³-hybridized carbons (Fsp3) is 0.333. The van der Waals surface area contributed by atoms with Crippen molar-refractivity contribution in [3.63, 3.8) is 0 Å². The lowest BCUT2D eigenvalue weighted by molar-refractivity contribution is 0.0182. The van der Waals surface area contributed by atoms with Gasteiger partial charge in [0.15, 0.2) is 5.78 Å². The molecule has 3 aromatic rings. The molecule has 172 valence electrons. The Labute approximate surface area is 207 Å². The van der Waals surface area contributed by atoms with Crippen molar-refractivity contribution in [3.8, 4) is 0 Å². The predicted octanol–water partition coefficient (Wildman–Crippen LogP) is 7.58. The Kier molecular flexibility index (Phi) is 7.15. The number of benzene rings is 3. The highest BCUT2D eigenvalue weighted by Crippen LogP contribution is 2.32. The molecule has 1 fully saturated rings. The van der Waals surface area contributed by atoms with Crippen LogP contribution in [-0.4, -0.2) is 35.5 Å². The molecule has 0 saturated carbocycles. The number of hydrogen-bond acceptors (Lipinski definition) is 4. The van der Waals surface area contributed by atoms with Crippen LogP contribution in [0.5, 0.6) is 0 Å². The first kappa shape index (κ1) is 23.8. The van der Waals surface area contributed by atoms with Crippen molar-refractivity contribution < 1.29 is 14.3 Å². The van der Waals surface area contributed by atoms with E-state index in [2.05, 4.69) is 52.3 Å². The van der Waals surface area contributed by atoms with Gasteiger partial charge in [0.1, 0.15) is 5.60 Å². The minimum absolute atomic E-state index is 0.0537. The number of Topliss-reactive ketones (excluding diaryl/α,β-unsaturated/α-hetero) is 1. The number of ketones is 1. The molecule has 1 heterocycles. The Bertz CT molecular complexity index is 1160. The molecule has 1 saturated heterocycles. The molecule has 6 heteroatoms. The van der Waals surface area contributed by atoms with Crippen LogP contribution in [0.15, 0.2) is 74.9 Å². The van der Waals surface area contributed by atoms with Crippen LogP contribution in [0.25, 0.3) is 10.8 Å². The second-order valence-corrected chi connectivity index (χ2v) is 11.4. The summed E-state index contributed by atoms with van der Waals surface area (Å²) in [6, 6.07) is 20.6. The summed E-state index contributed by atoms with van der Waals surface area (Å²) in [5, 5.41) is 2.40. The highest BCUT2D eigenvalue weighted by Gasteiger charge is 2.30. The number of rotatable bonds is 4. The summed E-state index contributed by atoms with van der Waals surface area (Å²) >= 11 is 5.21. The lowest BCUT2D eigenvalue weighted by Gasteiger charge is -2.33. The van der Waals surface area contributed by atoms with E-state index >= 15 is 0 Å². The third-order valence-electron chi connectivity index (χ3n) is 5.67. The average Bonchev–Trinajstić information content (AvgIpc) is 2.78. The largest absolute Gasteiger partial charge is 0.444 e. The van der Waals surface area contributed by atoms with E-state index < -0.39 is 5.60 Å². The van der Waals surface area contributed by atoms with Crippen molar-refractivity contribution in [1.29, 1.82) is 0 Å². The number of likely N-dealkylation sites (tertiary alicyclic amines) is 1. The van der Waals surface area contributed by atoms with Gasteiger partial charge >= 0.3 is 6.09 Å². The van der Waals surface area contributed by atoms with Gasteiger partial charge in [-0.1, -0.05) is 52.0 Å². The third-order valence-corrected chi connectivity index (χ3v) is 7.16. The van der Waals surface area contributed by atoms with E-state index in [9.17, 15) is 9.59 Å². The minimum Gasteiger partial charge on any atom is -0.444 e. The monoisotopic (exact) mass is 525 g/mol. The standard InChI is InChI=1S/C27H28BrNO3S/c1-27(2,3)32-26(31)29-14-12-19(13-15-29)25(30)18-5-9-23(10-6-18)33-24-11-7-20-16-22(28)8-4-21(20)17-24/h4-11,16-17,19H,12-15H2,1-3H3. The van der Waals surface area contributed by atoms with E-state index in [4.69, 9.17) is 4.74 Å². The summed E-state index contributed by atoms with van der Waals surface area (Å²) in [5.41, 5.74) is 0.228. The molecule has 3 aromatic carbocycles. The molecule has 0 bridgehead atoms. The van der Waals surface area contributed by atoms with Crippen molar-refractivity contribution in [3.05, 3.63) is 70.7 Å². The zero-order valence-corrected chi connectivity index (χ0v) is 21.5. The van der Waals surface area contributed by atoms with E-state index in [1.807, 2.05) is 45.0 Å². The molecule has 0 N–H and O–H groups in total. The van der Waals surface area contributed by atoms with Crippen LogP contribution >= 0.6 is 27.7 Å². The number of hydrogen-bond donors (Lipinski definition) is 0. The molecule has 0 aliphatic carbocycles. The topological polar surface area (TPSA) is 46.6 Å². The van der Waals surface area contributed by atoms with Crippen LogP contribution in [0, 0.1) is 5.92 Å². The molecule has 0 aromatic heterocycles. The van der Waals surface area contributed by atoms with Gasteiger partial charge in [0, 0.05) is 38.8 Å². The van der Waals surface area contributed by atoms with Crippen molar-refractivity contribution >= 4 is 50.3 Å². The fourth-order valence-corrected chi connectivity index (χ4v) is 5.21. The lowest BCUT2D eigenvalue weighted by atomic mass is 9.89. The van der Waals surface area contributed by atoms with E-state index in [0.29, 0.717) is 25.9 Å². The lowest BCUT2D eigenvalue weighted by Crippen LogP contribution is -2.43. The van der Waals surface area contributed by atoms with Crippen molar-refractivity contribution in [1.82, 2.24) is 4.90 Å². The molecule has 0 atom stereocenters. The maximum absolute atomic E-state index is 13.0. The molecule has 1 aliphatic heterocycles. The van der Waals surface area contributed by atoms with E-state index in [0.717, 1.165) is 14.9 Å². The van der Waals surface area contributed by atoms with E-state index in [1.54, 1.807) is 16.7 Å². The van der Waals surface area contributed by atoms with Crippen molar-refractivity contribution in [2.75, 3.05) is 13.1 Å². The van der Waals surface area contributed by atoms with Gasteiger partial charge in [-0.25, -0.2) is 4.79 Å². The SMILES string of the molecule is CC(C)(C)OC(=O)N1CCC(C(=O)c2ccc(Sc3ccc4cc(Br)ccc4c3)cc2)CC1. The van der Waals surface area contributed by atoms with Crippen LogP contribution < -0.4 is 0 Å². The Hall–Kier alpha value is -2.31. The van der Waals surface area contributed by atoms with Crippen molar-refractivity contribution in [2.24, 2.45) is 5.92 Å². The quantitative estimate of drug-likeness (QED) is 0.329. The molecule has 0 unspecified atom stereocenters. The van der Waals surface area contributed by atoms with Gasteiger partial charge in [0.25, 0.3) is 0 Å².